The van der Waals surface area contributed by atoms with E-state index in [2.05, 4.69) is 5.32 Å². The maximum absolute atomic E-state index is 13.1. The number of para-hydroxylation sites is 1. The van der Waals surface area contributed by atoms with Crippen LogP contribution >= 0.6 is 0 Å². The second-order valence-electron chi connectivity index (χ2n) is 11.3. The number of nitrogens with two attached hydrogens (primary N) is 1. The number of nitrogens with one attached hydrogen (secondary N) is 1. The molecular formula is C33H34N2O11. The molecule has 2 heterocycles. The molecule has 2 amide bonds. The Bertz CT molecular complexity index is 1850. The Kier molecular flexibility index (Phi) is 8.92. The van der Waals surface area contributed by atoms with Crippen molar-refractivity contribution in [2.75, 3.05) is 12.4 Å². The highest BCUT2D eigenvalue weighted by Gasteiger charge is 2.53. The number of hydrogen-bond donors (Lipinski definition) is 4. The fourth-order valence-corrected chi connectivity index (χ4v) is 5.36. The first-order valence-corrected chi connectivity index (χ1v) is 14.3. The summed E-state index contributed by atoms with van der Waals surface area (Å²) in [7, 11) is 1.37. The van der Waals surface area contributed by atoms with E-state index < -0.39 is 59.3 Å². The van der Waals surface area contributed by atoms with Gasteiger partial charge in [-0.3, -0.25) is 4.79 Å². The van der Waals surface area contributed by atoms with Gasteiger partial charge in [0.15, 0.2) is 23.6 Å². The molecule has 0 aliphatic carbocycles. The highest BCUT2D eigenvalue weighted by Crippen LogP contribution is 2.38. The average Bonchev–Trinajstić information content (AvgIpc) is 3.00. The number of fused-ring (bicyclic) bond motifs is 1. The SMILES string of the molecule is COC1[C@@H](OC(N)=O)[C@@H](O)[C@H](Oc2ccc3c(O)c(NC(=O)c4cccc(Oc5ccccc5C)c4)c(=O)oc3c2C)OC1(C)C. The third-order valence-electron chi connectivity index (χ3n) is 7.67. The number of benzene rings is 3. The van der Waals surface area contributed by atoms with Crippen molar-refractivity contribution < 1.29 is 47.9 Å². The molecule has 0 spiro atoms. The normalized spacial score (nSPS) is 20.6. The molecule has 0 saturated carbocycles. The van der Waals surface area contributed by atoms with Gasteiger partial charge in [0.2, 0.25) is 6.29 Å². The molecule has 5 rings (SSSR count). The first-order chi connectivity index (χ1) is 21.8. The first kappa shape index (κ1) is 32.3. The van der Waals surface area contributed by atoms with Crippen molar-refractivity contribution in [1.29, 1.82) is 0 Å². The number of methoxy groups -OCH3 is 1. The summed E-state index contributed by atoms with van der Waals surface area (Å²) in [6.45, 7) is 6.78. The zero-order valence-corrected chi connectivity index (χ0v) is 25.7. The van der Waals surface area contributed by atoms with E-state index in [0.717, 1.165) is 5.56 Å². The van der Waals surface area contributed by atoms with Crippen LogP contribution in [0.2, 0.25) is 0 Å². The monoisotopic (exact) mass is 634 g/mol. The van der Waals surface area contributed by atoms with E-state index in [9.17, 15) is 24.6 Å². The standard InChI is InChI=1S/C33H34N2O11/c1-16-9-6-7-12-21(16)42-19-11-8-10-18(15-19)29(38)35-23-24(36)20-13-14-22(17(2)26(20)44-30(23)39)43-31-25(37)27(45-32(34)40)28(41-5)33(3,4)46-31/h6-15,25,27-28,31,36-37H,1-5H3,(H2,34,40)(H,35,38)/t25-,27+,28?,31-/m1/s1. The van der Waals surface area contributed by atoms with Crippen LogP contribution in [0.15, 0.2) is 69.9 Å². The van der Waals surface area contributed by atoms with Crippen LogP contribution in [0.1, 0.15) is 35.3 Å². The lowest BCUT2D eigenvalue weighted by molar-refractivity contribution is -0.304. The van der Waals surface area contributed by atoms with Gasteiger partial charge in [-0.1, -0.05) is 24.3 Å². The van der Waals surface area contributed by atoms with Crippen molar-refractivity contribution in [1.82, 2.24) is 0 Å². The number of aliphatic hydroxyl groups excluding tert-OH is 1. The van der Waals surface area contributed by atoms with E-state index in [-0.39, 0.29) is 27.8 Å². The van der Waals surface area contributed by atoms with Gasteiger partial charge in [0.1, 0.15) is 28.9 Å². The fourth-order valence-electron chi connectivity index (χ4n) is 5.36. The van der Waals surface area contributed by atoms with Crippen LogP contribution in [0.25, 0.3) is 11.0 Å². The van der Waals surface area contributed by atoms with Gasteiger partial charge in [-0.2, -0.15) is 0 Å². The molecule has 5 N–H and O–H groups in total. The van der Waals surface area contributed by atoms with E-state index in [0.29, 0.717) is 11.5 Å². The molecule has 13 heteroatoms. The van der Waals surface area contributed by atoms with Gasteiger partial charge in [-0.25, -0.2) is 9.59 Å². The quantitative estimate of drug-likeness (QED) is 0.200. The van der Waals surface area contributed by atoms with Crippen LogP contribution in [-0.2, 0) is 14.2 Å². The lowest BCUT2D eigenvalue weighted by Crippen LogP contribution is -2.65. The molecule has 242 valence electrons. The summed E-state index contributed by atoms with van der Waals surface area (Å²) in [6.07, 6.45) is -6.09. The second kappa shape index (κ2) is 12.7. The number of aromatic hydroxyl groups is 1. The van der Waals surface area contributed by atoms with Crippen LogP contribution in [0.4, 0.5) is 10.5 Å². The Hall–Kier alpha value is -5.11. The Morgan fingerprint density at radius 3 is 2.46 bits per heavy atom. The van der Waals surface area contributed by atoms with Crippen molar-refractivity contribution in [2.45, 2.75) is 57.9 Å². The number of hydrogen-bond acceptors (Lipinski definition) is 11. The van der Waals surface area contributed by atoms with E-state index in [1.807, 2.05) is 25.1 Å². The summed E-state index contributed by atoms with van der Waals surface area (Å²) in [4.78, 5) is 37.7. The van der Waals surface area contributed by atoms with Crippen molar-refractivity contribution in [3.8, 4) is 23.0 Å². The molecule has 0 bridgehead atoms. The maximum atomic E-state index is 13.1. The molecule has 1 saturated heterocycles. The summed E-state index contributed by atoms with van der Waals surface area (Å²) in [5.41, 5.74) is 3.98. The van der Waals surface area contributed by atoms with Crippen LogP contribution in [0.3, 0.4) is 0 Å². The largest absolute Gasteiger partial charge is 0.505 e. The zero-order valence-electron chi connectivity index (χ0n) is 25.7. The maximum Gasteiger partial charge on any atom is 0.404 e. The fraction of sp³-hybridized carbons (Fsp3) is 0.303. The van der Waals surface area contributed by atoms with Crippen LogP contribution in [0, 0.1) is 13.8 Å². The second-order valence-corrected chi connectivity index (χ2v) is 11.3. The summed E-state index contributed by atoms with van der Waals surface area (Å²) >= 11 is 0. The number of carbonyl (C=O) groups excluding carboxylic acids is 2. The molecule has 4 atom stereocenters. The predicted octanol–water partition coefficient (Wildman–Crippen LogP) is 4.51. The molecule has 1 unspecified atom stereocenters. The smallest absolute Gasteiger partial charge is 0.404 e. The van der Waals surface area contributed by atoms with Gasteiger partial charge in [-0.15, -0.1) is 0 Å². The van der Waals surface area contributed by atoms with Gasteiger partial charge in [0.25, 0.3) is 5.91 Å². The molecule has 4 aromatic rings. The van der Waals surface area contributed by atoms with E-state index in [1.165, 1.54) is 31.4 Å². The summed E-state index contributed by atoms with van der Waals surface area (Å²) < 4.78 is 33.9. The van der Waals surface area contributed by atoms with Crippen molar-refractivity contribution in [3.63, 3.8) is 0 Å². The van der Waals surface area contributed by atoms with Crippen molar-refractivity contribution in [2.24, 2.45) is 5.73 Å². The molecule has 1 aliphatic rings. The number of anilines is 1. The number of aryl methyl sites for hydroxylation is 2. The highest BCUT2D eigenvalue weighted by molar-refractivity contribution is 6.06. The van der Waals surface area contributed by atoms with Gasteiger partial charge in [0, 0.05) is 18.2 Å². The van der Waals surface area contributed by atoms with Crippen LogP contribution in [-0.4, -0.2) is 59.5 Å². The molecular weight excluding hydrogens is 600 g/mol. The lowest BCUT2D eigenvalue weighted by Gasteiger charge is -2.47. The minimum Gasteiger partial charge on any atom is -0.505 e. The molecule has 1 fully saturated rings. The molecule has 1 aromatic heterocycles. The minimum absolute atomic E-state index is 0.0316. The number of aliphatic hydroxyl groups is 1. The Morgan fingerprint density at radius 2 is 1.76 bits per heavy atom. The van der Waals surface area contributed by atoms with Crippen molar-refractivity contribution >= 4 is 28.7 Å². The first-order valence-electron chi connectivity index (χ1n) is 14.3. The van der Waals surface area contributed by atoms with Crippen LogP contribution in [0.5, 0.6) is 23.0 Å². The van der Waals surface area contributed by atoms with E-state index in [1.54, 1.807) is 39.0 Å². The third-order valence-corrected chi connectivity index (χ3v) is 7.67. The molecule has 13 nitrogen and oxygen atoms in total. The summed E-state index contributed by atoms with van der Waals surface area (Å²) in [6, 6.07) is 16.6. The Balaban J connectivity index is 1.39. The van der Waals surface area contributed by atoms with Crippen LogP contribution < -0.4 is 26.1 Å². The predicted molar refractivity (Wildman–Crippen MR) is 165 cm³/mol. The average molecular weight is 635 g/mol. The third kappa shape index (κ3) is 6.33. The van der Waals surface area contributed by atoms with Gasteiger partial charge in [0.05, 0.1) is 11.0 Å². The number of primary amides is 1. The summed E-state index contributed by atoms with van der Waals surface area (Å²) in [5, 5.41) is 24.6. The van der Waals surface area contributed by atoms with Crippen molar-refractivity contribution in [3.05, 3.63) is 87.8 Å². The van der Waals surface area contributed by atoms with Gasteiger partial charge < -0.3 is 49.4 Å². The van der Waals surface area contributed by atoms with E-state index >= 15 is 0 Å². The zero-order chi connectivity index (χ0) is 33.3. The number of ether oxygens (including phenoxy) is 5. The Morgan fingerprint density at radius 1 is 1.02 bits per heavy atom. The number of carbonyl (C=O) groups is 2. The highest BCUT2D eigenvalue weighted by atomic mass is 16.7. The Labute approximate surface area is 263 Å². The van der Waals surface area contributed by atoms with Gasteiger partial charge >= 0.3 is 11.7 Å². The molecule has 1 aliphatic heterocycles. The topological polar surface area (TPSA) is 189 Å². The molecule has 3 aromatic carbocycles. The minimum atomic E-state index is -1.51. The summed E-state index contributed by atoms with van der Waals surface area (Å²) in [5.74, 6) is -0.0409. The molecule has 46 heavy (non-hydrogen) atoms. The van der Waals surface area contributed by atoms with Gasteiger partial charge in [-0.05, 0) is 69.7 Å². The van der Waals surface area contributed by atoms with E-state index in [4.69, 9.17) is 33.8 Å². The number of rotatable bonds is 8. The number of amides is 2. The molecule has 0 radical (unpaired) electrons. The lowest BCUT2D eigenvalue weighted by atomic mass is 9.89.